The molecule has 0 radical (unpaired) electrons. The molecule has 1 N–H and O–H groups in total. The Balaban J connectivity index is 2.01. The average molecular weight is 510 g/mol. The second-order valence-corrected chi connectivity index (χ2v) is 7.92. The largest absolute Gasteiger partial charge is 0.507 e. The number of aliphatic hydroxyl groups excluding tert-OH is 1. The van der Waals surface area contributed by atoms with Crippen LogP contribution in [0, 0.1) is 21.7 Å². The maximum Gasteiger partial charge on any atom is 0.300 e. The molecule has 1 amide bonds. The summed E-state index contributed by atoms with van der Waals surface area (Å²) in [5.41, 5.74) is -1.27. The average Bonchev–Trinajstić information content (AvgIpc) is 3.15. The Morgan fingerprint density at radius 2 is 1.84 bits per heavy atom. The second kappa shape index (κ2) is 10.1. The van der Waals surface area contributed by atoms with E-state index in [0.29, 0.717) is 5.75 Å². The first-order valence-corrected chi connectivity index (χ1v) is 11.0. The smallest absolute Gasteiger partial charge is 0.300 e. The monoisotopic (exact) mass is 510 g/mol. The Morgan fingerprint density at radius 3 is 2.51 bits per heavy atom. The first-order chi connectivity index (χ1) is 17.7. The van der Waals surface area contributed by atoms with Gasteiger partial charge >= 0.3 is 0 Å². The first-order valence-electron chi connectivity index (χ1n) is 11.0. The van der Waals surface area contributed by atoms with E-state index in [9.17, 15) is 33.6 Å². The summed E-state index contributed by atoms with van der Waals surface area (Å²) >= 11 is 0. The number of non-ortho nitro benzene ring substituents is 1. The van der Waals surface area contributed by atoms with Crippen molar-refractivity contribution >= 4 is 28.8 Å². The highest BCUT2D eigenvalue weighted by atomic mass is 19.1. The van der Waals surface area contributed by atoms with Crippen LogP contribution >= 0.6 is 0 Å². The second-order valence-electron chi connectivity index (χ2n) is 7.92. The predicted octanol–water partition coefficient (Wildman–Crippen LogP) is 4.91. The van der Waals surface area contributed by atoms with E-state index in [2.05, 4.69) is 0 Å². The van der Waals surface area contributed by atoms with Crippen LogP contribution in [0.4, 0.5) is 20.2 Å². The molecule has 11 heteroatoms. The zero-order valence-electron chi connectivity index (χ0n) is 19.6. The zero-order valence-corrected chi connectivity index (χ0v) is 19.6. The highest BCUT2D eigenvalue weighted by molar-refractivity contribution is 6.51. The summed E-state index contributed by atoms with van der Waals surface area (Å²) in [7, 11) is 1.41. The number of ketones is 1. The summed E-state index contributed by atoms with van der Waals surface area (Å²) in [6.07, 6.45) is 0. The Kier molecular flexibility index (Phi) is 6.87. The van der Waals surface area contributed by atoms with Crippen LogP contribution in [-0.4, -0.2) is 35.4 Å². The number of hydrogen-bond donors (Lipinski definition) is 1. The molecule has 1 aliphatic rings. The van der Waals surface area contributed by atoms with Crippen molar-refractivity contribution in [2.45, 2.75) is 13.0 Å². The quantitative estimate of drug-likeness (QED) is 0.158. The molecule has 1 saturated heterocycles. The Labute approximate surface area is 209 Å². The third-order valence-corrected chi connectivity index (χ3v) is 5.75. The molecule has 1 atom stereocenters. The lowest BCUT2D eigenvalue weighted by Gasteiger charge is -2.26. The molecule has 0 spiro atoms. The molecule has 3 aromatic carbocycles. The lowest BCUT2D eigenvalue weighted by atomic mass is 9.94. The van der Waals surface area contributed by atoms with E-state index >= 15 is 0 Å². The van der Waals surface area contributed by atoms with Crippen LogP contribution in [0.2, 0.25) is 0 Å². The standard InChI is InChI=1S/C26H20F2N2O7/c1-3-37-21-12-14(7-10-20(21)36-2)23-22(24(31)15-5-4-6-17(11-15)30(34)35)25(32)26(33)29(23)19-13-16(27)8-9-18(19)28/h4-13,23,31H,3H2,1-2H3/b24-22+. The number of amides is 1. The number of hydrogen-bond acceptors (Lipinski definition) is 7. The van der Waals surface area contributed by atoms with Crippen LogP contribution in [0.1, 0.15) is 24.1 Å². The summed E-state index contributed by atoms with van der Waals surface area (Å²) in [5.74, 6) is -4.41. The molecule has 3 aromatic rings. The predicted molar refractivity (Wildman–Crippen MR) is 128 cm³/mol. The molecule has 1 unspecified atom stereocenters. The molecule has 0 saturated carbocycles. The van der Waals surface area contributed by atoms with Gasteiger partial charge in [0.1, 0.15) is 17.4 Å². The number of aliphatic hydroxyl groups is 1. The van der Waals surface area contributed by atoms with E-state index in [1.807, 2.05) is 0 Å². The van der Waals surface area contributed by atoms with Crippen molar-refractivity contribution in [3.8, 4) is 11.5 Å². The number of Topliss-reactive ketones (excluding diaryl/α,β-unsaturated/α-hetero) is 1. The van der Waals surface area contributed by atoms with E-state index in [4.69, 9.17) is 9.47 Å². The number of rotatable bonds is 7. The van der Waals surface area contributed by atoms with Gasteiger partial charge in [-0.25, -0.2) is 8.78 Å². The van der Waals surface area contributed by atoms with Crippen LogP contribution < -0.4 is 14.4 Å². The number of halogens is 2. The number of benzene rings is 3. The normalized spacial score (nSPS) is 16.6. The third-order valence-electron chi connectivity index (χ3n) is 5.75. The maximum atomic E-state index is 14.9. The number of nitro groups is 1. The summed E-state index contributed by atoms with van der Waals surface area (Å²) < 4.78 is 39.8. The van der Waals surface area contributed by atoms with Gasteiger partial charge in [-0.3, -0.25) is 24.6 Å². The molecule has 0 aliphatic carbocycles. The minimum absolute atomic E-state index is 0.115. The molecule has 190 valence electrons. The van der Waals surface area contributed by atoms with Crippen molar-refractivity contribution < 1.29 is 37.9 Å². The van der Waals surface area contributed by atoms with E-state index < -0.39 is 51.3 Å². The molecule has 1 fully saturated rings. The fourth-order valence-corrected chi connectivity index (χ4v) is 4.12. The fraction of sp³-hybridized carbons (Fsp3) is 0.154. The summed E-state index contributed by atoms with van der Waals surface area (Å²) in [6.45, 7) is 1.97. The van der Waals surface area contributed by atoms with Crippen LogP contribution in [0.15, 0.2) is 66.2 Å². The van der Waals surface area contributed by atoms with Gasteiger partial charge < -0.3 is 14.6 Å². The SMILES string of the molecule is CCOc1cc(C2/C(=C(\O)c3cccc([N+](=O)[O-])c3)C(=O)C(=O)N2c2cc(F)ccc2F)ccc1OC. The topological polar surface area (TPSA) is 119 Å². The van der Waals surface area contributed by atoms with Gasteiger partial charge in [-0.1, -0.05) is 18.2 Å². The lowest BCUT2D eigenvalue weighted by Crippen LogP contribution is -2.30. The molecule has 4 rings (SSSR count). The lowest BCUT2D eigenvalue weighted by molar-refractivity contribution is -0.384. The van der Waals surface area contributed by atoms with Gasteiger partial charge in [0.2, 0.25) is 0 Å². The highest BCUT2D eigenvalue weighted by Crippen LogP contribution is 2.45. The summed E-state index contributed by atoms with van der Waals surface area (Å²) in [4.78, 5) is 37.7. The third kappa shape index (κ3) is 4.58. The maximum absolute atomic E-state index is 14.9. The van der Waals surface area contributed by atoms with Crippen molar-refractivity contribution in [3.05, 3.63) is 99.1 Å². The first kappa shape index (κ1) is 25.3. The number of carbonyl (C=O) groups is 2. The number of ether oxygens (including phenoxy) is 2. The zero-order chi connectivity index (χ0) is 26.9. The molecule has 1 aliphatic heterocycles. The number of nitrogens with zero attached hydrogens (tertiary/aromatic N) is 2. The van der Waals surface area contributed by atoms with Crippen molar-refractivity contribution in [1.82, 2.24) is 0 Å². The number of methoxy groups -OCH3 is 1. The van der Waals surface area contributed by atoms with Gasteiger partial charge in [0.15, 0.2) is 11.5 Å². The Morgan fingerprint density at radius 1 is 1.08 bits per heavy atom. The number of anilines is 1. The van der Waals surface area contributed by atoms with E-state index in [1.54, 1.807) is 6.92 Å². The molecular formula is C26H20F2N2O7. The van der Waals surface area contributed by atoms with Crippen LogP contribution in [-0.2, 0) is 9.59 Å². The van der Waals surface area contributed by atoms with Crippen LogP contribution in [0.25, 0.3) is 5.76 Å². The van der Waals surface area contributed by atoms with E-state index in [0.717, 1.165) is 29.2 Å². The van der Waals surface area contributed by atoms with Gasteiger partial charge in [-0.05, 0) is 36.8 Å². The Bertz CT molecular complexity index is 1450. The van der Waals surface area contributed by atoms with Crippen LogP contribution in [0.5, 0.6) is 11.5 Å². The minimum Gasteiger partial charge on any atom is -0.507 e. The Hall–Kier alpha value is -4.80. The van der Waals surface area contributed by atoms with E-state index in [-0.39, 0.29) is 29.2 Å². The number of carbonyl (C=O) groups excluding carboxylic acids is 2. The summed E-state index contributed by atoms with van der Waals surface area (Å²) in [6, 6.07) is 10.2. The molecule has 0 aromatic heterocycles. The molecule has 9 nitrogen and oxygen atoms in total. The summed E-state index contributed by atoms with van der Waals surface area (Å²) in [5, 5.41) is 22.4. The van der Waals surface area contributed by atoms with Crippen molar-refractivity contribution in [3.63, 3.8) is 0 Å². The number of nitro benzene ring substituents is 1. The van der Waals surface area contributed by atoms with Crippen molar-refractivity contribution in [2.24, 2.45) is 0 Å². The van der Waals surface area contributed by atoms with Gasteiger partial charge in [0.05, 0.1) is 35.9 Å². The van der Waals surface area contributed by atoms with Crippen molar-refractivity contribution in [2.75, 3.05) is 18.6 Å². The van der Waals surface area contributed by atoms with Crippen molar-refractivity contribution in [1.29, 1.82) is 0 Å². The van der Waals surface area contributed by atoms with Gasteiger partial charge in [0, 0.05) is 23.8 Å². The van der Waals surface area contributed by atoms with Gasteiger partial charge in [0.25, 0.3) is 17.4 Å². The minimum atomic E-state index is -1.43. The molecule has 0 bridgehead atoms. The molecule has 1 heterocycles. The van der Waals surface area contributed by atoms with Gasteiger partial charge in [-0.2, -0.15) is 0 Å². The molecule has 37 heavy (non-hydrogen) atoms. The highest BCUT2D eigenvalue weighted by Gasteiger charge is 2.48. The van der Waals surface area contributed by atoms with E-state index in [1.165, 1.54) is 43.5 Å². The fourth-order valence-electron chi connectivity index (χ4n) is 4.12. The van der Waals surface area contributed by atoms with Gasteiger partial charge in [-0.15, -0.1) is 0 Å². The van der Waals surface area contributed by atoms with Crippen LogP contribution in [0.3, 0.4) is 0 Å². The molecular weight excluding hydrogens is 490 g/mol.